The lowest BCUT2D eigenvalue weighted by Crippen LogP contribution is -2.25. The van der Waals surface area contributed by atoms with Gasteiger partial charge in [-0.3, -0.25) is 4.79 Å². The molecular formula is C19H18FN3O3. The fourth-order valence-electron chi connectivity index (χ4n) is 2.40. The second-order valence-electron chi connectivity index (χ2n) is 6.16. The van der Waals surface area contributed by atoms with Gasteiger partial charge < -0.3 is 9.73 Å². The van der Waals surface area contributed by atoms with E-state index in [1.165, 1.54) is 29.8 Å². The summed E-state index contributed by atoms with van der Waals surface area (Å²) in [4.78, 5) is 24.0. The van der Waals surface area contributed by atoms with Crippen molar-refractivity contribution in [1.29, 1.82) is 0 Å². The third kappa shape index (κ3) is 4.05. The van der Waals surface area contributed by atoms with E-state index in [9.17, 15) is 14.0 Å². The molecule has 3 rings (SSSR count). The zero-order chi connectivity index (χ0) is 18.7. The Morgan fingerprint density at radius 1 is 1.15 bits per heavy atom. The molecule has 1 N–H and O–H groups in total. The third-order valence-electron chi connectivity index (χ3n) is 3.85. The largest absolute Gasteiger partial charge is 0.437 e. The van der Waals surface area contributed by atoms with Crippen LogP contribution in [0.5, 0.6) is 0 Å². The molecule has 0 bridgehead atoms. The zero-order valence-electron chi connectivity index (χ0n) is 14.4. The van der Waals surface area contributed by atoms with Crippen LogP contribution in [0, 0.1) is 5.82 Å². The Hall–Kier alpha value is -3.22. The number of nitrogens with one attached hydrogen (secondary N) is 1. The van der Waals surface area contributed by atoms with Crippen LogP contribution in [0.2, 0.25) is 0 Å². The highest BCUT2D eigenvalue weighted by atomic mass is 19.1. The van der Waals surface area contributed by atoms with E-state index in [-0.39, 0.29) is 12.4 Å². The summed E-state index contributed by atoms with van der Waals surface area (Å²) in [7, 11) is 0. The molecule has 3 aromatic rings. The van der Waals surface area contributed by atoms with E-state index in [0.717, 1.165) is 4.68 Å². The van der Waals surface area contributed by atoms with E-state index in [4.69, 9.17) is 4.42 Å². The average Bonchev–Trinajstić information content (AvgIpc) is 2.96. The average molecular weight is 355 g/mol. The lowest BCUT2D eigenvalue weighted by atomic mass is 10.0. The van der Waals surface area contributed by atoms with Crippen LogP contribution in [0.4, 0.5) is 10.1 Å². The molecule has 6 nitrogen and oxygen atoms in total. The van der Waals surface area contributed by atoms with Gasteiger partial charge in [-0.15, -0.1) is 5.10 Å². The molecule has 0 radical (unpaired) electrons. The van der Waals surface area contributed by atoms with Crippen LogP contribution in [0.1, 0.15) is 25.3 Å². The topological polar surface area (TPSA) is 77.1 Å². The minimum absolute atomic E-state index is 0.0316. The Balaban J connectivity index is 1.69. The molecule has 0 atom stereocenters. The zero-order valence-corrected chi connectivity index (χ0v) is 14.4. The Labute approximate surface area is 149 Å². The number of carbonyl (C=O) groups excluding carboxylic acids is 1. The van der Waals surface area contributed by atoms with Gasteiger partial charge in [0, 0.05) is 11.3 Å². The molecule has 26 heavy (non-hydrogen) atoms. The van der Waals surface area contributed by atoms with Crippen LogP contribution < -0.4 is 11.1 Å². The minimum Gasteiger partial charge on any atom is -0.388 e. The Bertz CT molecular complexity index is 957. The molecule has 0 aliphatic rings. The number of amides is 1. The number of halogens is 1. The number of hydrogen-bond donors (Lipinski definition) is 1. The summed E-state index contributed by atoms with van der Waals surface area (Å²) in [5.41, 5.74) is 2.25. The predicted octanol–water partition coefficient (Wildman–Crippen LogP) is 3.40. The number of nitrogens with zero attached hydrogens (tertiary/aromatic N) is 2. The van der Waals surface area contributed by atoms with Gasteiger partial charge in [-0.2, -0.15) is 4.68 Å². The van der Waals surface area contributed by atoms with Crippen molar-refractivity contribution in [2.75, 3.05) is 5.32 Å². The molecule has 1 aromatic heterocycles. The third-order valence-corrected chi connectivity index (χ3v) is 3.85. The van der Waals surface area contributed by atoms with Crippen molar-refractivity contribution in [1.82, 2.24) is 9.78 Å². The van der Waals surface area contributed by atoms with Gasteiger partial charge in [0.15, 0.2) is 0 Å². The number of aromatic nitrogens is 2. The molecule has 0 fully saturated rings. The molecule has 7 heteroatoms. The first-order valence-electron chi connectivity index (χ1n) is 8.16. The van der Waals surface area contributed by atoms with E-state index in [0.29, 0.717) is 17.2 Å². The second kappa shape index (κ2) is 7.35. The summed E-state index contributed by atoms with van der Waals surface area (Å²) < 4.78 is 18.9. The van der Waals surface area contributed by atoms with Crippen molar-refractivity contribution in [2.45, 2.75) is 26.3 Å². The molecule has 1 amide bonds. The van der Waals surface area contributed by atoms with Crippen molar-refractivity contribution < 1.29 is 13.6 Å². The van der Waals surface area contributed by atoms with Crippen LogP contribution in [0.25, 0.3) is 11.5 Å². The molecule has 0 aliphatic heterocycles. The lowest BCUT2D eigenvalue weighted by molar-refractivity contribution is -0.117. The van der Waals surface area contributed by atoms with E-state index in [1.807, 2.05) is 24.3 Å². The number of rotatable bonds is 5. The van der Waals surface area contributed by atoms with Crippen LogP contribution in [0.15, 0.2) is 57.7 Å². The SMILES string of the molecule is CC(C)c1ccc(NC(=O)Cn2nc(-c3ccc(F)cc3)oc2=O)cc1. The molecule has 0 unspecified atom stereocenters. The first-order valence-corrected chi connectivity index (χ1v) is 8.16. The molecule has 2 aromatic carbocycles. The molecule has 1 heterocycles. The summed E-state index contributed by atoms with van der Waals surface area (Å²) >= 11 is 0. The maximum atomic E-state index is 13.0. The van der Waals surface area contributed by atoms with Crippen LogP contribution in [0.3, 0.4) is 0 Å². The van der Waals surface area contributed by atoms with Crippen molar-refractivity contribution in [3.63, 3.8) is 0 Å². The van der Waals surface area contributed by atoms with Gasteiger partial charge in [-0.05, 0) is 47.9 Å². The minimum atomic E-state index is -0.755. The summed E-state index contributed by atoms with van der Waals surface area (Å²) in [5, 5.41) is 6.69. The number of anilines is 1. The highest BCUT2D eigenvalue weighted by Crippen LogP contribution is 2.17. The van der Waals surface area contributed by atoms with Gasteiger partial charge in [-0.25, -0.2) is 9.18 Å². The van der Waals surface area contributed by atoms with Crippen molar-refractivity contribution >= 4 is 11.6 Å². The fraction of sp³-hybridized carbons (Fsp3) is 0.211. The second-order valence-corrected chi connectivity index (χ2v) is 6.16. The molecule has 0 spiro atoms. The van der Waals surface area contributed by atoms with E-state index >= 15 is 0 Å². The first kappa shape index (κ1) is 17.6. The van der Waals surface area contributed by atoms with Crippen molar-refractivity contribution in [2.24, 2.45) is 0 Å². The number of carbonyl (C=O) groups is 1. The summed E-state index contributed by atoms with van der Waals surface area (Å²) in [6.45, 7) is 3.89. The molecular weight excluding hydrogens is 337 g/mol. The van der Waals surface area contributed by atoms with Crippen molar-refractivity contribution in [3.05, 3.63) is 70.5 Å². The maximum absolute atomic E-state index is 13.0. The Kier molecular flexibility index (Phi) is 4.97. The predicted molar refractivity (Wildman–Crippen MR) is 95.3 cm³/mol. The Morgan fingerprint density at radius 2 is 1.81 bits per heavy atom. The van der Waals surface area contributed by atoms with Crippen LogP contribution in [-0.4, -0.2) is 15.7 Å². The van der Waals surface area contributed by atoms with Gasteiger partial charge in [0.1, 0.15) is 12.4 Å². The Morgan fingerprint density at radius 3 is 2.42 bits per heavy atom. The molecule has 0 aliphatic carbocycles. The molecule has 134 valence electrons. The smallest absolute Gasteiger partial charge is 0.388 e. The monoisotopic (exact) mass is 355 g/mol. The van der Waals surface area contributed by atoms with Gasteiger partial charge in [0.25, 0.3) is 0 Å². The highest BCUT2D eigenvalue weighted by molar-refractivity contribution is 5.90. The van der Waals surface area contributed by atoms with Crippen LogP contribution in [-0.2, 0) is 11.3 Å². The van der Waals surface area contributed by atoms with Gasteiger partial charge in [0.2, 0.25) is 11.8 Å². The molecule has 0 saturated heterocycles. The normalized spacial score (nSPS) is 10.9. The quantitative estimate of drug-likeness (QED) is 0.761. The van der Waals surface area contributed by atoms with Gasteiger partial charge >= 0.3 is 5.76 Å². The van der Waals surface area contributed by atoms with Gasteiger partial charge in [0.05, 0.1) is 0 Å². The van der Waals surface area contributed by atoms with Crippen molar-refractivity contribution in [3.8, 4) is 11.5 Å². The first-order chi connectivity index (χ1) is 12.4. The summed E-state index contributed by atoms with van der Waals surface area (Å²) in [6.07, 6.45) is 0. The summed E-state index contributed by atoms with van der Waals surface area (Å²) in [5.74, 6) is -1.13. The van der Waals surface area contributed by atoms with E-state index in [1.54, 1.807) is 0 Å². The van der Waals surface area contributed by atoms with E-state index in [2.05, 4.69) is 24.3 Å². The number of hydrogen-bond acceptors (Lipinski definition) is 4. The maximum Gasteiger partial charge on any atom is 0.437 e. The lowest BCUT2D eigenvalue weighted by Gasteiger charge is -2.08. The standard InChI is InChI=1S/C19H18FN3O3/c1-12(2)13-5-9-16(10-6-13)21-17(24)11-23-19(25)26-18(22-23)14-3-7-15(20)8-4-14/h3-10,12H,11H2,1-2H3,(H,21,24). The van der Waals surface area contributed by atoms with Gasteiger partial charge in [-0.1, -0.05) is 26.0 Å². The fourth-order valence-corrected chi connectivity index (χ4v) is 2.40. The van der Waals surface area contributed by atoms with Crippen LogP contribution >= 0.6 is 0 Å². The summed E-state index contributed by atoms with van der Waals surface area (Å²) in [6, 6.07) is 12.9. The number of benzene rings is 2. The van der Waals surface area contributed by atoms with E-state index < -0.39 is 17.5 Å². The highest BCUT2D eigenvalue weighted by Gasteiger charge is 2.13. The molecule has 0 saturated carbocycles.